The number of halogens is 2. The molecule has 0 heterocycles. The number of thiocarbonyl (C=S) groups is 2. The van der Waals surface area contributed by atoms with E-state index in [0.29, 0.717) is 23.3 Å². The summed E-state index contributed by atoms with van der Waals surface area (Å²) in [5.41, 5.74) is 4.13. The maximum atomic E-state index is 5.40. The van der Waals surface area contributed by atoms with Gasteiger partial charge in [0.1, 0.15) is 0 Å². The second-order valence-electron chi connectivity index (χ2n) is 6.39. The standard InChI is InChI=1S/C22H20Br2N4S2/c23-17-8-1-3-10-19(17)27-21(29)25-13-15-6-5-7-16(12-15)14-26-22(30)28-20-11-4-2-9-18(20)24/h1-12H,13-14H2,(H2,25,27,29)(H2,26,28,30). The van der Waals surface area contributed by atoms with Crippen LogP contribution in [0.1, 0.15) is 11.1 Å². The Kier molecular flexibility index (Phi) is 8.62. The molecule has 0 spiro atoms. The number of hydrogen-bond acceptors (Lipinski definition) is 2. The summed E-state index contributed by atoms with van der Waals surface area (Å²) in [4.78, 5) is 0. The van der Waals surface area contributed by atoms with E-state index in [4.69, 9.17) is 24.4 Å². The monoisotopic (exact) mass is 562 g/mol. The largest absolute Gasteiger partial charge is 0.358 e. The Morgan fingerprint density at radius 2 is 1.07 bits per heavy atom. The summed E-state index contributed by atoms with van der Waals surface area (Å²) in [5, 5.41) is 14.0. The molecule has 0 atom stereocenters. The zero-order valence-electron chi connectivity index (χ0n) is 15.9. The highest BCUT2D eigenvalue weighted by Crippen LogP contribution is 2.21. The second kappa shape index (κ2) is 11.4. The van der Waals surface area contributed by atoms with Crippen LogP contribution in [0.15, 0.2) is 81.7 Å². The van der Waals surface area contributed by atoms with Crippen LogP contribution in [0.4, 0.5) is 11.4 Å². The van der Waals surface area contributed by atoms with E-state index in [9.17, 15) is 0 Å². The Morgan fingerprint density at radius 3 is 1.50 bits per heavy atom. The van der Waals surface area contributed by atoms with Gasteiger partial charge in [0, 0.05) is 22.0 Å². The van der Waals surface area contributed by atoms with Gasteiger partial charge >= 0.3 is 0 Å². The van der Waals surface area contributed by atoms with Gasteiger partial charge in [-0.15, -0.1) is 0 Å². The van der Waals surface area contributed by atoms with Crippen LogP contribution >= 0.6 is 56.3 Å². The highest BCUT2D eigenvalue weighted by Gasteiger charge is 2.04. The average molecular weight is 564 g/mol. The lowest BCUT2D eigenvalue weighted by Crippen LogP contribution is -2.29. The fourth-order valence-electron chi connectivity index (χ4n) is 2.67. The van der Waals surface area contributed by atoms with Gasteiger partial charge in [0.05, 0.1) is 11.4 Å². The summed E-state index contributed by atoms with van der Waals surface area (Å²) in [6, 6.07) is 24.0. The molecule has 154 valence electrons. The molecule has 30 heavy (non-hydrogen) atoms. The average Bonchev–Trinajstić information content (AvgIpc) is 2.74. The molecule has 0 saturated heterocycles. The zero-order valence-corrected chi connectivity index (χ0v) is 20.7. The minimum atomic E-state index is 0.573. The minimum Gasteiger partial charge on any atom is -0.358 e. The van der Waals surface area contributed by atoms with Gasteiger partial charge in [0.2, 0.25) is 0 Å². The van der Waals surface area contributed by atoms with Crippen molar-refractivity contribution in [3.8, 4) is 0 Å². The van der Waals surface area contributed by atoms with Crippen LogP contribution in [-0.2, 0) is 13.1 Å². The van der Waals surface area contributed by atoms with Gasteiger partial charge < -0.3 is 21.3 Å². The summed E-state index contributed by atoms with van der Waals surface area (Å²) < 4.78 is 1.93. The lowest BCUT2D eigenvalue weighted by molar-refractivity contribution is 0.896. The summed E-state index contributed by atoms with van der Waals surface area (Å²) in [6.07, 6.45) is 0. The van der Waals surface area contributed by atoms with E-state index in [1.54, 1.807) is 0 Å². The number of hydrogen-bond donors (Lipinski definition) is 4. The molecule has 0 fully saturated rings. The van der Waals surface area contributed by atoms with Crippen LogP contribution in [0, 0.1) is 0 Å². The fraction of sp³-hybridized carbons (Fsp3) is 0.0909. The maximum Gasteiger partial charge on any atom is 0.171 e. The second-order valence-corrected chi connectivity index (χ2v) is 8.92. The lowest BCUT2D eigenvalue weighted by atomic mass is 10.1. The zero-order chi connectivity index (χ0) is 21.3. The first kappa shape index (κ1) is 22.7. The van der Waals surface area contributed by atoms with E-state index in [1.807, 2.05) is 54.6 Å². The van der Waals surface area contributed by atoms with Crippen molar-refractivity contribution in [3.05, 3.63) is 92.9 Å². The third-order valence-corrected chi connectivity index (χ3v) is 6.02. The van der Waals surface area contributed by atoms with E-state index >= 15 is 0 Å². The quantitative estimate of drug-likeness (QED) is 0.268. The van der Waals surface area contributed by atoms with E-state index in [2.05, 4.69) is 71.3 Å². The third kappa shape index (κ3) is 7.05. The maximum absolute atomic E-state index is 5.40. The van der Waals surface area contributed by atoms with Crippen molar-refractivity contribution in [3.63, 3.8) is 0 Å². The van der Waals surface area contributed by atoms with Crippen LogP contribution in [-0.4, -0.2) is 10.2 Å². The van der Waals surface area contributed by atoms with E-state index in [1.165, 1.54) is 0 Å². The Bertz CT molecular complexity index is 964. The topological polar surface area (TPSA) is 48.1 Å². The number of anilines is 2. The van der Waals surface area contributed by atoms with Crippen LogP contribution < -0.4 is 21.3 Å². The predicted molar refractivity (Wildman–Crippen MR) is 141 cm³/mol. The molecule has 3 aromatic rings. The Balaban J connectivity index is 1.48. The highest BCUT2D eigenvalue weighted by molar-refractivity contribution is 9.11. The summed E-state index contributed by atoms with van der Waals surface area (Å²) in [7, 11) is 0. The molecule has 0 saturated carbocycles. The molecule has 0 aliphatic carbocycles. The summed E-state index contributed by atoms with van der Waals surface area (Å²) >= 11 is 17.8. The van der Waals surface area contributed by atoms with Gasteiger partial charge in [-0.25, -0.2) is 0 Å². The van der Waals surface area contributed by atoms with Crippen LogP contribution in [0.2, 0.25) is 0 Å². The van der Waals surface area contributed by atoms with E-state index in [0.717, 1.165) is 31.4 Å². The van der Waals surface area contributed by atoms with E-state index < -0.39 is 0 Å². The Hall–Kier alpha value is -2.00. The van der Waals surface area contributed by atoms with Gasteiger partial charge in [0.15, 0.2) is 10.2 Å². The summed E-state index contributed by atoms with van der Waals surface area (Å²) in [6.45, 7) is 1.26. The first-order chi connectivity index (χ1) is 14.5. The SMILES string of the molecule is S=C(NCc1cccc(CNC(=S)Nc2ccccc2Br)c1)Nc1ccccc1Br. The molecule has 0 unspecified atom stereocenters. The van der Waals surface area contributed by atoms with Gasteiger partial charge in [-0.05, 0) is 91.7 Å². The van der Waals surface area contributed by atoms with Gasteiger partial charge in [0.25, 0.3) is 0 Å². The van der Waals surface area contributed by atoms with Gasteiger partial charge in [-0.3, -0.25) is 0 Å². The molecule has 3 rings (SSSR count). The fourth-order valence-corrected chi connectivity index (χ4v) is 3.80. The van der Waals surface area contributed by atoms with Crippen LogP contribution in [0.5, 0.6) is 0 Å². The smallest absolute Gasteiger partial charge is 0.171 e. The molecule has 0 aromatic heterocycles. The highest BCUT2D eigenvalue weighted by atomic mass is 79.9. The molecule has 3 aromatic carbocycles. The van der Waals surface area contributed by atoms with Crippen LogP contribution in [0.3, 0.4) is 0 Å². The van der Waals surface area contributed by atoms with Crippen molar-refractivity contribution in [1.29, 1.82) is 0 Å². The van der Waals surface area contributed by atoms with Crippen molar-refractivity contribution in [1.82, 2.24) is 10.6 Å². The van der Waals surface area contributed by atoms with Crippen molar-refractivity contribution < 1.29 is 0 Å². The van der Waals surface area contributed by atoms with Gasteiger partial charge in [-0.2, -0.15) is 0 Å². The Morgan fingerprint density at radius 1 is 0.633 bits per heavy atom. The molecule has 0 amide bonds. The minimum absolute atomic E-state index is 0.573. The first-order valence-electron chi connectivity index (χ1n) is 9.18. The van der Waals surface area contributed by atoms with Crippen molar-refractivity contribution >= 4 is 77.9 Å². The predicted octanol–water partition coefficient (Wildman–Crippen LogP) is 6.18. The molecule has 8 heteroatoms. The molecule has 0 aliphatic rings. The van der Waals surface area contributed by atoms with Crippen molar-refractivity contribution in [2.75, 3.05) is 10.6 Å². The van der Waals surface area contributed by atoms with Gasteiger partial charge in [-0.1, -0.05) is 48.5 Å². The lowest BCUT2D eigenvalue weighted by Gasteiger charge is -2.14. The molecule has 4 N–H and O–H groups in total. The number of rotatable bonds is 6. The number of para-hydroxylation sites is 2. The molecule has 0 radical (unpaired) electrons. The normalized spacial score (nSPS) is 10.2. The number of benzene rings is 3. The van der Waals surface area contributed by atoms with Crippen molar-refractivity contribution in [2.24, 2.45) is 0 Å². The molecule has 0 bridgehead atoms. The van der Waals surface area contributed by atoms with E-state index in [-0.39, 0.29) is 0 Å². The molecular weight excluding hydrogens is 544 g/mol. The third-order valence-electron chi connectivity index (χ3n) is 4.14. The molecule has 4 nitrogen and oxygen atoms in total. The number of nitrogens with one attached hydrogen (secondary N) is 4. The Labute approximate surface area is 204 Å². The molecular formula is C22H20Br2N4S2. The van der Waals surface area contributed by atoms with Crippen molar-refractivity contribution in [2.45, 2.75) is 13.1 Å². The first-order valence-corrected chi connectivity index (χ1v) is 11.6. The molecule has 0 aliphatic heterocycles. The van der Waals surface area contributed by atoms with Crippen LogP contribution in [0.25, 0.3) is 0 Å². The summed E-state index contributed by atoms with van der Waals surface area (Å²) in [5.74, 6) is 0.